The van der Waals surface area contributed by atoms with E-state index in [0.29, 0.717) is 5.56 Å². The van der Waals surface area contributed by atoms with Crippen LogP contribution in [0.4, 0.5) is 22.0 Å². The van der Waals surface area contributed by atoms with E-state index in [1.807, 2.05) is 0 Å². The Morgan fingerprint density at radius 3 is 2.27 bits per heavy atom. The molecule has 0 N–H and O–H groups in total. The van der Waals surface area contributed by atoms with Gasteiger partial charge in [-0.15, -0.1) is 10.2 Å². The van der Waals surface area contributed by atoms with Crippen molar-refractivity contribution in [1.82, 2.24) is 10.2 Å². The second kappa shape index (κ2) is 6.30. The summed E-state index contributed by atoms with van der Waals surface area (Å²) >= 11 is 0. The van der Waals surface area contributed by atoms with Crippen LogP contribution in [-0.2, 0) is 11.6 Å². The number of benzene rings is 2. The van der Waals surface area contributed by atoms with Crippen molar-refractivity contribution in [2.24, 2.45) is 4.99 Å². The Morgan fingerprint density at radius 2 is 1.60 bits per heavy atom. The van der Waals surface area contributed by atoms with Crippen LogP contribution in [0.2, 0.25) is 0 Å². The molecule has 0 spiro atoms. The van der Waals surface area contributed by atoms with Gasteiger partial charge >= 0.3 is 6.18 Å². The molecule has 4 rings (SSSR count). The van der Waals surface area contributed by atoms with Crippen molar-refractivity contribution in [1.29, 1.82) is 0 Å². The molecule has 0 radical (unpaired) electrons. The van der Waals surface area contributed by atoms with E-state index in [1.54, 1.807) is 33.8 Å². The number of rotatable bonds is 1. The predicted molar refractivity (Wildman–Crippen MR) is 104 cm³/mol. The fourth-order valence-electron chi connectivity index (χ4n) is 3.81. The van der Waals surface area contributed by atoms with Crippen molar-refractivity contribution in [3.05, 3.63) is 70.4 Å². The number of aromatic nitrogens is 2. The molecule has 30 heavy (non-hydrogen) atoms. The number of aliphatic imine (C=N–C) groups is 1. The van der Waals surface area contributed by atoms with E-state index in [9.17, 15) is 22.0 Å². The van der Waals surface area contributed by atoms with E-state index in [1.165, 1.54) is 18.2 Å². The van der Waals surface area contributed by atoms with Crippen molar-refractivity contribution >= 4 is 16.6 Å². The zero-order chi connectivity index (χ0) is 22.1. The van der Waals surface area contributed by atoms with Gasteiger partial charge in [0.15, 0.2) is 11.6 Å². The van der Waals surface area contributed by atoms with Crippen LogP contribution in [0, 0.1) is 11.6 Å². The molecule has 0 unspecified atom stereocenters. The number of hydrogen-bond acceptors (Lipinski definition) is 3. The van der Waals surface area contributed by atoms with Crippen molar-refractivity contribution in [2.45, 2.75) is 44.8 Å². The van der Waals surface area contributed by atoms with Gasteiger partial charge in [0.1, 0.15) is 11.2 Å². The lowest BCUT2D eigenvalue weighted by atomic mass is 9.64. The number of hydrogen-bond donors (Lipinski definition) is 0. The summed E-state index contributed by atoms with van der Waals surface area (Å²) in [6.07, 6.45) is -4.54. The van der Waals surface area contributed by atoms with Gasteiger partial charge in [-0.1, -0.05) is 26.0 Å². The maximum absolute atomic E-state index is 14.0. The minimum Gasteiger partial charge on any atom is -0.275 e. The summed E-state index contributed by atoms with van der Waals surface area (Å²) < 4.78 is 69.0. The SMILES string of the molecule is CC1(C)N=C(c2cc3ccc(F)c(F)c3nn2)c2cccc(C(F)(F)F)c2C1(C)C. The Bertz CT molecular complexity index is 1210. The Morgan fingerprint density at radius 1 is 0.900 bits per heavy atom. The largest absolute Gasteiger partial charge is 0.416 e. The molecule has 0 saturated carbocycles. The molecule has 8 heteroatoms. The van der Waals surface area contributed by atoms with E-state index >= 15 is 0 Å². The number of nitrogens with zero attached hydrogens (tertiary/aromatic N) is 3. The molecule has 0 saturated heterocycles. The number of alkyl halides is 3. The molecule has 3 aromatic rings. The summed E-state index contributed by atoms with van der Waals surface area (Å²) in [6, 6.07) is 7.73. The van der Waals surface area contributed by atoms with Gasteiger partial charge in [-0.05, 0) is 43.7 Å². The number of fused-ring (bicyclic) bond motifs is 2. The van der Waals surface area contributed by atoms with Gasteiger partial charge in [-0.25, -0.2) is 8.78 Å². The summed E-state index contributed by atoms with van der Waals surface area (Å²) in [7, 11) is 0. The fraction of sp³-hybridized carbons (Fsp3) is 0.318. The predicted octanol–water partition coefficient (Wildman–Crippen LogP) is 5.83. The van der Waals surface area contributed by atoms with Gasteiger partial charge in [0, 0.05) is 16.4 Å². The van der Waals surface area contributed by atoms with Gasteiger partial charge in [-0.2, -0.15) is 13.2 Å². The average Bonchev–Trinajstić information content (AvgIpc) is 2.66. The molecular formula is C22H18F5N3. The van der Waals surface area contributed by atoms with Crippen molar-refractivity contribution in [3.8, 4) is 0 Å². The van der Waals surface area contributed by atoms with Crippen LogP contribution < -0.4 is 0 Å². The highest BCUT2D eigenvalue weighted by atomic mass is 19.4. The van der Waals surface area contributed by atoms with Crippen LogP contribution in [0.15, 0.2) is 41.4 Å². The van der Waals surface area contributed by atoms with Crippen LogP contribution >= 0.6 is 0 Å². The molecule has 0 bridgehead atoms. The first-order chi connectivity index (χ1) is 13.8. The number of halogens is 5. The summed E-state index contributed by atoms with van der Waals surface area (Å²) in [5, 5.41) is 8.02. The highest BCUT2D eigenvalue weighted by Crippen LogP contribution is 2.48. The molecule has 0 aliphatic carbocycles. The Hall–Kier alpha value is -2.90. The molecule has 1 aromatic heterocycles. The third-order valence-corrected chi connectivity index (χ3v) is 6.06. The van der Waals surface area contributed by atoms with Crippen LogP contribution in [0.5, 0.6) is 0 Å². The van der Waals surface area contributed by atoms with Gasteiger partial charge < -0.3 is 0 Å². The summed E-state index contributed by atoms with van der Waals surface area (Å²) in [5.41, 5.74) is -1.97. The molecule has 1 aliphatic heterocycles. The molecular weight excluding hydrogens is 401 g/mol. The molecule has 156 valence electrons. The molecule has 2 heterocycles. The van der Waals surface area contributed by atoms with Crippen LogP contribution in [0.25, 0.3) is 10.9 Å². The molecule has 1 aliphatic rings. The lowest BCUT2D eigenvalue weighted by molar-refractivity contribution is -0.139. The maximum atomic E-state index is 14.0. The van der Waals surface area contributed by atoms with Gasteiger partial charge in [-0.3, -0.25) is 4.99 Å². The summed E-state index contributed by atoms with van der Waals surface area (Å²) in [6.45, 7) is 6.97. The first-order valence-corrected chi connectivity index (χ1v) is 9.27. The molecule has 0 fully saturated rings. The quantitative estimate of drug-likeness (QED) is 0.465. The van der Waals surface area contributed by atoms with Crippen LogP contribution in [0.3, 0.4) is 0 Å². The van der Waals surface area contributed by atoms with E-state index < -0.39 is 34.3 Å². The Kier molecular flexibility index (Phi) is 4.28. The highest BCUT2D eigenvalue weighted by Gasteiger charge is 2.49. The molecule has 2 aromatic carbocycles. The van der Waals surface area contributed by atoms with Crippen molar-refractivity contribution < 1.29 is 22.0 Å². The van der Waals surface area contributed by atoms with Crippen LogP contribution in [0.1, 0.15) is 50.1 Å². The smallest absolute Gasteiger partial charge is 0.275 e. The monoisotopic (exact) mass is 419 g/mol. The zero-order valence-electron chi connectivity index (χ0n) is 16.7. The summed E-state index contributed by atoms with van der Waals surface area (Å²) in [5.74, 6) is -2.18. The third kappa shape index (κ3) is 2.88. The normalized spacial score (nSPS) is 17.6. The highest BCUT2D eigenvalue weighted by molar-refractivity contribution is 6.14. The molecule has 3 nitrogen and oxygen atoms in total. The minimum atomic E-state index is -4.54. The minimum absolute atomic E-state index is 0.125. The van der Waals surface area contributed by atoms with Crippen LogP contribution in [-0.4, -0.2) is 21.4 Å². The maximum Gasteiger partial charge on any atom is 0.416 e. The topological polar surface area (TPSA) is 38.1 Å². The first kappa shape index (κ1) is 20.4. The third-order valence-electron chi connectivity index (χ3n) is 6.06. The fourth-order valence-corrected chi connectivity index (χ4v) is 3.81. The lowest BCUT2D eigenvalue weighted by Gasteiger charge is -2.45. The lowest BCUT2D eigenvalue weighted by Crippen LogP contribution is -2.47. The average molecular weight is 419 g/mol. The van der Waals surface area contributed by atoms with Gasteiger partial charge in [0.2, 0.25) is 0 Å². The molecule has 0 atom stereocenters. The molecule has 0 amide bonds. The zero-order valence-corrected chi connectivity index (χ0v) is 16.7. The Balaban J connectivity index is 2.02. The van der Waals surface area contributed by atoms with E-state index in [0.717, 1.165) is 12.1 Å². The van der Waals surface area contributed by atoms with Gasteiger partial charge in [0.25, 0.3) is 0 Å². The van der Waals surface area contributed by atoms with Gasteiger partial charge in [0.05, 0.1) is 16.8 Å². The van der Waals surface area contributed by atoms with Crippen molar-refractivity contribution in [3.63, 3.8) is 0 Å². The first-order valence-electron chi connectivity index (χ1n) is 9.27. The second-order valence-electron chi connectivity index (χ2n) is 8.40. The summed E-state index contributed by atoms with van der Waals surface area (Å²) in [4.78, 5) is 4.73. The standard InChI is InChI=1S/C22H18F5N3/c1-20(2)16-12(6-5-7-13(16)22(25,26)27)19(28-21(20,3)4)15-10-11-8-9-14(23)17(24)18(11)30-29-15/h5-10H,1-4H3. The second-order valence-corrected chi connectivity index (χ2v) is 8.40. The van der Waals surface area contributed by atoms with Crippen molar-refractivity contribution in [2.75, 3.05) is 0 Å². The van der Waals surface area contributed by atoms with E-state index in [-0.39, 0.29) is 27.9 Å². The van der Waals surface area contributed by atoms with E-state index in [4.69, 9.17) is 4.99 Å². The van der Waals surface area contributed by atoms with E-state index in [2.05, 4.69) is 10.2 Å². The Labute approximate surface area is 169 Å².